The summed E-state index contributed by atoms with van der Waals surface area (Å²) in [4.78, 5) is 0.306. The van der Waals surface area contributed by atoms with Gasteiger partial charge >= 0.3 is 0 Å². The molecular weight excluding hydrogens is 286 g/mol. The number of sulfonamides is 1. The maximum absolute atomic E-state index is 12.3. The maximum atomic E-state index is 12.3. The van der Waals surface area contributed by atoms with Crippen LogP contribution in [0.15, 0.2) is 47.4 Å². The van der Waals surface area contributed by atoms with Crippen molar-refractivity contribution in [1.29, 1.82) is 0 Å². The molecule has 0 aliphatic heterocycles. The number of hydrogen-bond donors (Lipinski definition) is 2. The third-order valence-corrected chi connectivity index (χ3v) is 4.85. The van der Waals surface area contributed by atoms with E-state index < -0.39 is 10.0 Å². The number of aliphatic hydroxyl groups excluding tert-OH is 1. The van der Waals surface area contributed by atoms with Gasteiger partial charge in [-0.3, -0.25) is 0 Å². The minimum Gasteiger partial charge on any atom is -0.392 e. The van der Waals surface area contributed by atoms with Crippen molar-refractivity contribution in [2.75, 3.05) is 0 Å². The summed E-state index contributed by atoms with van der Waals surface area (Å²) in [5.41, 5.74) is 3.42. The van der Waals surface area contributed by atoms with E-state index in [1.807, 2.05) is 13.0 Å². The lowest BCUT2D eigenvalue weighted by molar-refractivity contribution is 0.282. The summed E-state index contributed by atoms with van der Waals surface area (Å²) in [5, 5.41) is 8.98. The van der Waals surface area contributed by atoms with Crippen LogP contribution in [-0.4, -0.2) is 13.5 Å². The summed E-state index contributed by atoms with van der Waals surface area (Å²) in [6.07, 6.45) is 0. The van der Waals surface area contributed by atoms with E-state index in [4.69, 9.17) is 5.11 Å². The molecule has 0 unspecified atom stereocenters. The quantitative estimate of drug-likeness (QED) is 0.890. The van der Waals surface area contributed by atoms with Crippen molar-refractivity contribution in [2.24, 2.45) is 0 Å². The summed E-state index contributed by atoms with van der Waals surface area (Å²) in [6.45, 7) is 3.92. The zero-order chi connectivity index (χ0) is 15.5. The Bertz CT molecular complexity index is 722. The van der Waals surface area contributed by atoms with Gasteiger partial charge in [-0.1, -0.05) is 42.0 Å². The SMILES string of the molecule is Cc1ccc(S(=O)(=O)NCc2ccc(CO)cc2)c(C)c1. The van der Waals surface area contributed by atoms with E-state index in [1.54, 1.807) is 43.3 Å². The fraction of sp³-hybridized carbons (Fsp3) is 0.250. The fourth-order valence-corrected chi connectivity index (χ4v) is 3.36. The zero-order valence-corrected chi connectivity index (χ0v) is 12.9. The first-order chi connectivity index (χ1) is 9.92. The van der Waals surface area contributed by atoms with Crippen molar-refractivity contribution in [3.05, 3.63) is 64.7 Å². The van der Waals surface area contributed by atoms with Crippen LogP contribution in [0.5, 0.6) is 0 Å². The molecule has 21 heavy (non-hydrogen) atoms. The molecule has 2 N–H and O–H groups in total. The number of benzene rings is 2. The van der Waals surface area contributed by atoms with Gasteiger partial charge in [-0.05, 0) is 36.6 Å². The van der Waals surface area contributed by atoms with Crippen LogP contribution in [0.2, 0.25) is 0 Å². The Morgan fingerprint density at radius 3 is 2.19 bits per heavy atom. The van der Waals surface area contributed by atoms with Crippen molar-refractivity contribution in [3.63, 3.8) is 0 Å². The van der Waals surface area contributed by atoms with E-state index in [0.29, 0.717) is 4.90 Å². The van der Waals surface area contributed by atoms with Gasteiger partial charge in [-0.15, -0.1) is 0 Å². The molecule has 0 aromatic heterocycles. The molecule has 0 amide bonds. The minimum absolute atomic E-state index is 0.0193. The molecule has 0 radical (unpaired) electrons. The molecule has 0 atom stereocenters. The predicted octanol–water partition coefficient (Wildman–Crippen LogP) is 2.27. The molecule has 0 saturated heterocycles. The van der Waals surface area contributed by atoms with E-state index in [0.717, 1.165) is 22.3 Å². The zero-order valence-electron chi connectivity index (χ0n) is 12.1. The van der Waals surface area contributed by atoms with Gasteiger partial charge in [0.25, 0.3) is 0 Å². The molecule has 2 aromatic rings. The summed E-state index contributed by atoms with van der Waals surface area (Å²) in [7, 11) is -3.52. The summed E-state index contributed by atoms with van der Waals surface area (Å²) in [5.74, 6) is 0. The summed E-state index contributed by atoms with van der Waals surface area (Å²) < 4.78 is 27.2. The third-order valence-electron chi connectivity index (χ3n) is 3.29. The molecule has 4 nitrogen and oxygen atoms in total. The smallest absolute Gasteiger partial charge is 0.241 e. The Morgan fingerprint density at radius 1 is 1.00 bits per heavy atom. The van der Waals surface area contributed by atoms with Crippen molar-refractivity contribution in [1.82, 2.24) is 4.72 Å². The highest BCUT2D eigenvalue weighted by atomic mass is 32.2. The highest BCUT2D eigenvalue weighted by molar-refractivity contribution is 7.89. The lowest BCUT2D eigenvalue weighted by atomic mass is 10.1. The highest BCUT2D eigenvalue weighted by Gasteiger charge is 2.16. The van der Waals surface area contributed by atoms with Crippen LogP contribution in [-0.2, 0) is 23.2 Å². The maximum Gasteiger partial charge on any atom is 0.241 e. The van der Waals surface area contributed by atoms with Crippen LogP contribution in [0.1, 0.15) is 22.3 Å². The predicted molar refractivity (Wildman–Crippen MR) is 82.3 cm³/mol. The molecule has 0 bridgehead atoms. The molecular formula is C16H19NO3S. The van der Waals surface area contributed by atoms with Crippen LogP contribution in [0.25, 0.3) is 0 Å². The minimum atomic E-state index is -3.52. The van der Waals surface area contributed by atoms with E-state index in [-0.39, 0.29) is 13.2 Å². The van der Waals surface area contributed by atoms with E-state index in [9.17, 15) is 8.42 Å². The standard InChI is InChI=1S/C16H19NO3S/c1-12-3-8-16(13(2)9-12)21(19,20)17-10-14-4-6-15(11-18)7-5-14/h3-9,17-18H,10-11H2,1-2H3. The van der Waals surface area contributed by atoms with Gasteiger partial charge in [-0.25, -0.2) is 13.1 Å². The van der Waals surface area contributed by atoms with Gasteiger partial charge < -0.3 is 5.11 Å². The van der Waals surface area contributed by atoms with Gasteiger partial charge in [0.1, 0.15) is 0 Å². The molecule has 0 fully saturated rings. The number of aliphatic hydroxyl groups is 1. The fourth-order valence-electron chi connectivity index (χ4n) is 2.12. The first-order valence-corrected chi connectivity index (χ1v) is 8.16. The van der Waals surface area contributed by atoms with Crippen molar-refractivity contribution >= 4 is 10.0 Å². The molecule has 2 rings (SSSR count). The molecule has 0 saturated carbocycles. The number of hydrogen-bond acceptors (Lipinski definition) is 3. The molecule has 5 heteroatoms. The van der Waals surface area contributed by atoms with Gasteiger partial charge in [0.05, 0.1) is 11.5 Å². The Hall–Kier alpha value is -1.69. The highest BCUT2D eigenvalue weighted by Crippen LogP contribution is 2.16. The second kappa shape index (κ2) is 6.39. The normalized spacial score (nSPS) is 11.6. The second-order valence-electron chi connectivity index (χ2n) is 5.07. The topological polar surface area (TPSA) is 66.4 Å². The molecule has 0 heterocycles. The summed E-state index contributed by atoms with van der Waals surface area (Å²) >= 11 is 0. The number of rotatable bonds is 5. The molecule has 0 spiro atoms. The Morgan fingerprint density at radius 2 is 1.62 bits per heavy atom. The Labute approximate surface area is 125 Å². The van der Waals surface area contributed by atoms with Crippen LogP contribution in [0, 0.1) is 13.8 Å². The average Bonchev–Trinajstić information content (AvgIpc) is 2.45. The summed E-state index contributed by atoms with van der Waals surface area (Å²) in [6, 6.07) is 12.4. The Balaban J connectivity index is 2.13. The van der Waals surface area contributed by atoms with E-state index in [1.165, 1.54) is 0 Å². The largest absolute Gasteiger partial charge is 0.392 e. The van der Waals surface area contributed by atoms with Crippen molar-refractivity contribution in [3.8, 4) is 0 Å². The monoisotopic (exact) mass is 305 g/mol. The first-order valence-electron chi connectivity index (χ1n) is 6.68. The van der Waals surface area contributed by atoms with Crippen molar-refractivity contribution < 1.29 is 13.5 Å². The van der Waals surface area contributed by atoms with Gasteiger partial charge in [0, 0.05) is 6.54 Å². The lowest BCUT2D eigenvalue weighted by Gasteiger charge is -2.10. The third kappa shape index (κ3) is 3.91. The molecule has 0 aliphatic carbocycles. The molecule has 2 aromatic carbocycles. The van der Waals surface area contributed by atoms with Crippen LogP contribution in [0.3, 0.4) is 0 Å². The lowest BCUT2D eigenvalue weighted by Crippen LogP contribution is -2.24. The van der Waals surface area contributed by atoms with Crippen LogP contribution in [0.4, 0.5) is 0 Å². The number of nitrogens with one attached hydrogen (secondary N) is 1. The van der Waals surface area contributed by atoms with E-state index >= 15 is 0 Å². The molecule has 112 valence electrons. The second-order valence-corrected chi connectivity index (χ2v) is 6.80. The van der Waals surface area contributed by atoms with Gasteiger partial charge in [0.2, 0.25) is 10.0 Å². The first kappa shape index (κ1) is 15.7. The van der Waals surface area contributed by atoms with Crippen LogP contribution >= 0.6 is 0 Å². The van der Waals surface area contributed by atoms with E-state index in [2.05, 4.69) is 4.72 Å². The number of aryl methyl sites for hydroxylation is 2. The average molecular weight is 305 g/mol. The molecule has 0 aliphatic rings. The van der Waals surface area contributed by atoms with Crippen LogP contribution < -0.4 is 4.72 Å². The Kier molecular flexibility index (Phi) is 4.77. The van der Waals surface area contributed by atoms with Gasteiger partial charge in [0.15, 0.2) is 0 Å². The van der Waals surface area contributed by atoms with Gasteiger partial charge in [-0.2, -0.15) is 0 Å². The van der Waals surface area contributed by atoms with Crippen molar-refractivity contribution in [2.45, 2.75) is 31.9 Å².